The van der Waals surface area contributed by atoms with Gasteiger partial charge in [0.2, 0.25) is 5.91 Å². The highest BCUT2D eigenvalue weighted by Gasteiger charge is 2.17. The topological polar surface area (TPSA) is 58.4 Å². The fourth-order valence-corrected chi connectivity index (χ4v) is 2.51. The van der Waals surface area contributed by atoms with Crippen molar-refractivity contribution in [3.8, 4) is 0 Å². The average Bonchev–Trinajstić information content (AvgIpc) is 2.39. The summed E-state index contributed by atoms with van der Waals surface area (Å²) in [4.78, 5) is 14.1. The molecule has 0 radical (unpaired) electrons. The maximum Gasteiger partial charge on any atom is 0.225 e. The molecule has 1 amide bonds. The van der Waals surface area contributed by atoms with Crippen LogP contribution in [-0.2, 0) is 4.79 Å². The number of benzene rings is 1. The third-order valence-electron chi connectivity index (χ3n) is 3.35. The Hall–Kier alpha value is -0.810. The van der Waals surface area contributed by atoms with Crippen molar-refractivity contribution in [2.24, 2.45) is 5.73 Å². The van der Waals surface area contributed by atoms with Gasteiger partial charge in [-0.05, 0) is 31.5 Å². The molecule has 20 heavy (non-hydrogen) atoms. The SMILES string of the molecule is Cl.N[C@@H]1CCCN(CCC(=O)Nc2ccccc2Cl)C1. The van der Waals surface area contributed by atoms with Crippen LogP contribution in [-0.4, -0.2) is 36.5 Å². The minimum atomic E-state index is -0.00718. The quantitative estimate of drug-likeness (QED) is 0.897. The summed E-state index contributed by atoms with van der Waals surface area (Å²) in [7, 11) is 0. The molecule has 1 aromatic carbocycles. The van der Waals surface area contributed by atoms with E-state index in [4.69, 9.17) is 17.3 Å². The van der Waals surface area contributed by atoms with E-state index in [1.165, 1.54) is 0 Å². The first kappa shape index (κ1) is 17.2. The van der Waals surface area contributed by atoms with Gasteiger partial charge in [-0.2, -0.15) is 0 Å². The lowest BCUT2D eigenvalue weighted by Gasteiger charge is -2.30. The van der Waals surface area contributed by atoms with Gasteiger partial charge in [-0.1, -0.05) is 23.7 Å². The molecule has 6 heteroatoms. The zero-order chi connectivity index (χ0) is 13.7. The number of piperidine rings is 1. The van der Waals surface area contributed by atoms with Gasteiger partial charge in [-0.15, -0.1) is 12.4 Å². The number of para-hydroxylation sites is 1. The van der Waals surface area contributed by atoms with Crippen molar-refractivity contribution < 1.29 is 4.79 Å². The highest BCUT2D eigenvalue weighted by molar-refractivity contribution is 6.33. The van der Waals surface area contributed by atoms with E-state index in [0.717, 1.165) is 32.5 Å². The number of nitrogens with one attached hydrogen (secondary N) is 1. The maximum absolute atomic E-state index is 11.9. The molecule has 0 unspecified atom stereocenters. The second kappa shape index (κ2) is 8.47. The molecule has 1 saturated heterocycles. The number of likely N-dealkylation sites (tertiary alicyclic amines) is 1. The Morgan fingerprint density at radius 3 is 2.90 bits per heavy atom. The Bertz CT molecular complexity index is 442. The first-order valence-electron chi connectivity index (χ1n) is 6.67. The van der Waals surface area contributed by atoms with E-state index in [-0.39, 0.29) is 24.4 Å². The van der Waals surface area contributed by atoms with Gasteiger partial charge in [0.05, 0.1) is 10.7 Å². The minimum absolute atomic E-state index is 0. The Kier molecular flexibility index (Phi) is 7.30. The number of halogens is 2. The van der Waals surface area contributed by atoms with Crippen molar-refractivity contribution in [1.29, 1.82) is 0 Å². The molecule has 4 nitrogen and oxygen atoms in total. The molecule has 1 fully saturated rings. The second-order valence-corrected chi connectivity index (χ2v) is 5.39. The molecule has 0 bridgehead atoms. The van der Waals surface area contributed by atoms with Crippen LogP contribution in [0.5, 0.6) is 0 Å². The van der Waals surface area contributed by atoms with Crippen molar-refractivity contribution >= 4 is 35.6 Å². The molecule has 0 aromatic heterocycles. The molecule has 1 aromatic rings. The van der Waals surface area contributed by atoms with Gasteiger partial charge in [0.25, 0.3) is 0 Å². The van der Waals surface area contributed by atoms with Crippen LogP contribution in [0.3, 0.4) is 0 Å². The van der Waals surface area contributed by atoms with Crippen molar-refractivity contribution in [3.05, 3.63) is 29.3 Å². The Balaban J connectivity index is 0.00000200. The van der Waals surface area contributed by atoms with Crippen molar-refractivity contribution in [2.45, 2.75) is 25.3 Å². The third-order valence-corrected chi connectivity index (χ3v) is 3.67. The first-order chi connectivity index (χ1) is 9.15. The van der Waals surface area contributed by atoms with Gasteiger partial charge >= 0.3 is 0 Å². The molecule has 1 aliphatic rings. The Morgan fingerprint density at radius 1 is 1.45 bits per heavy atom. The first-order valence-corrected chi connectivity index (χ1v) is 7.05. The van der Waals surface area contributed by atoms with E-state index < -0.39 is 0 Å². The van der Waals surface area contributed by atoms with Crippen LogP contribution in [0.1, 0.15) is 19.3 Å². The Morgan fingerprint density at radius 2 is 2.20 bits per heavy atom. The summed E-state index contributed by atoms with van der Waals surface area (Å²) in [6, 6.07) is 7.51. The Labute approximate surface area is 131 Å². The number of nitrogens with two attached hydrogens (primary N) is 1. The second-order valence-electron chi connectivity index (χ2n) is 4.98. The van der Waals surface area contributed by atoms with Crippen LogP contribution in [0.4, 0.5) is 5.69 Å². The van der Waals surface area contributed by atoms with E-state index in [0.29, 0.717) is 17.1 Å². The van der Waals surface area contributed by atoms with Crippen molar-refractivity contribution in [3.63, 3.8) is 0 Å². The van der Waals surface area contributed by atoms with Crippen molar-refractivity contribution in [1.82, 2.24) is 4.90 Å². The predicted molar refractivity (Wildman–Crippen MR) is 85.6 cm³/mol. The summed E-state index contributed by atoms with van der Waals surface area (Å²) in [5, 5.41) is 3.40. The van der Waals surface area contributed by atoms with Gasteiger partial charge in [0.15, 0.2) is 0 Å². The molecule has 1 atom stereocenters. The van der Waals surface area contributed by atoms with Gasteiger partial charge in [0, 0.05) is 25.6 Å². The lowest BCUT2D eigenvalue weighted by atomic mass is 10.1. The van der Waals surface area contributed by atoms with Crippen LogP contribution in [0.15, 0.2) is 24.3 Å². The third kappa shape index (κ3) is 5.29. The maximum atomic E-state index is 11.9. The summed E-state index contributed by atoms with van der Waals surface area (Å²) < 4.78 is 0. The standard InChI is InChI=1S/C14H20ClN3O.ClH/c15-12-5-1-2-6-13(12)17-14(19)7-9-18-8-3-4-11(16)10-18;/h1-2,5-6,11H,3-4,7-10,16H2,(H,17,19);1H/t11-;/m1./s1. The van der Waals surface area contributed by atoms with E-state index in [9.17, 15) is 4.79 Å². The monoisotopic (exact) mass is 317 g/mol. The lowest BCUT2D eigenvalue weighted by Crippen LogP contribution is -2.43. The largest absolute Gasteiger partial charge is 0.327 e. The average molecular weight is 318 g/mol. The van der Waals surface area contributed by atoms with Crippen LogP contribution in [0.2, 0.25) is 5.02 Å². The number of carbonyl (C=O) groups is 1. The van der Waals surface area contributed by atoms with E-state index in [1.807, 2.05) is 12.1 Å². The van der Waals surface area contributed by atoms with Crippen LogP contribution < -0.4 is 11.1 Å². The van der Waals surface area contributed by atoms with Crippen LogP contribution in [0, 0.1) is 0 Å². The summed E-state index contributed by atoms with van der Waals surface area (Å²) in [6.45, 7) is 2.68. The molecule has 3 N–H and O–H groups in total. The fourth-order valence-electron chi connectivity index (χ4n) is 2.33. The highest BCUT2D eigenvalue weighted by atomic mass is 35.5. The number of amides is 1. The smallest absolute Gasteiger partial charge is 0.225 e. The molecular formula is C14H21Cl2N3O. The normalized spacial score (nSPS) is 19.2. The number of hydrogen-bond donors (Lipinski definition) is 2. The molecular weight excluding hydrogens is 297 g/mol. The highest BCUT2D eigenvalue weighted by Crippen LogP contribution is 2.20. The number of anilines is 1. The van der Waals surface area contributed by atoms with Crippen molar-refractivity contribution in [2.75, 3.05) is 25.0 Å². The molecule has 1 aliphatic heterocycles. The molecule has 1 heterocycles. The zero-order valence-corrected chi connectivity index (χ0v) is 12.9. The summed E-state index contributed by atoms with van der Waals surface area (Å²) >= 11 is 5.99. The molecule has 112 valence electrons. The van der Waals surface area contributed by atoms with E-state index >= 15 is 0 Å². The summed E-state index contributed by atoms with van der Waals surface area (Å²) in [5.74, 6) is -0.00718. The number of hydrogen-bond acceptors (Lipinski definition) is 3. The lowest BCUT2D eigenvalue weighted by molar-refractivity contribution is -0.116. The number of nitrogens with zero attached hydrogens (tertiary/aromatic N) is 1. The van der Waals surface area contributed by atoms with Crippen LogP contribution >= 0.6 is 24.0 Å². The summed E-state index contributed by atoms with van der Waals surface area (Å²) in [6.07, 6.45) is 2.67. The molecule has 0 saturated carbocycles. The van der Waals surface area contributed by atoms with E-state index in [1.54, 1.807) is 12.1 Å². The van der Waals surface area contributed by atoms with Crippen LogP contribution in [0.25, 0.3) is 0 Å². The van der Waals surface area contributed by atoms with Gasteiger partial charge in [0.1, 0.15) is 0 Å². The summed E-state index contributed by atoms with van der Waals surface area (Å²) in [5.41, 5.74) is 6.59. The van der Waals surface area contributed by atoms with E-state index in [2.05, 4.69) is 10.2 Å². The molecule has 0 aliphatic carbocycles. The minimum Gasteiger partial charge on any atom is -0.327 e. The van der Waals surface area contributed by atoms with Gasteiger partial charge in [-0.3, -0.25) is 4.79 Å². The van der Waals surface area contributed by atoms with Gasteiger partial charge < -0.3 is 16.0 Å². The predicted octanol–water partition coefficient (Wildman–Crippen LogP) is 2.51. The number of carbonyl (C=O) groups excluding carboxylic acids is 1. The fraction of sp³-hybridized carbons (Fsp3) is 0.500. The van der Waals surface area contributed by atoms with Gasteiger partial charge in [-0.25, -0.2) is 0 Å². The zero-order valence-electron chi connectivity index (χ0n) is 11.3. The number of rotatable bonds is 4. The molecule has 0 spiro atoms. The molecule has 2 rings (SSSR count).